The van der Waals surface area contributed by atoms with E-state index in [1.54, 1.807) is 38.2 Å². The van der Waals surface area contributed by atoms with Crippen LogP contribution in [0.2, 0.25) is 0 Å². The van der Waals surface area contributed by atoms with Crippen LogP contribution in [0.1, 0.15) is 16.8 Å². The van der Waals surface area contributed by atoms with Crippen molar-refractivity contribution >= 4 is 17.3 Å². The lowest BCUT2D eigenvalue weighted by molar-refractivity contribution is 0.0828. The predicted octanol–water partition coefficient (Wildman–Crippen LogP) is 3.16. The molecule has 0 saturated carbocycles. The first-order valence-corrected chi connectivity index (χ1v) is 10.3. The van der Waals surface area contributed by atoms with Crippen molar-refractivity contribution in [2.75, 3.05) is 70.7 Å². The Morgan fingerprint density at radius 2 is 1.87 bits per heavy atom. The van der Waals surface area contributed by atoms with Crippen LogP contribution in [0.3, 0.4) is 0 Å². The molecule has 1 aliphatic heterocycles. The van der Waals surface area contributed by atoms with E-state index in [1.807, 2.05) is 24.3 Å². The van der Waals surface area contributed by atoms with E-state index in [9.17, 15) is 9.18 Å². The molecule has 0 radical (unpaired) electrons. The number of nitrogens with zero attached hydrogens (tertiary/aromatic N) is 3. The largest absolute Gasteiger partial charge is 0.495 e. The Morgan fingerprint density at radius 1 is 1.13 bits per heavy atom. The van der Waals surface area contributed by atoms with Crippen molar-refractivity contribution in [3.8, 4) is 5.75 Å². The normalized spacial score (nSPS) is 14.5. The molecule has 6 nitrogen and oxygen atoms in total. The van der Waals surface area contributed by atoms with Crippen LogP contribution in [-0.4, -0.2) is 76.2 Å². The van der Waals surface area contributed by atoms with Crippen molar-refractivity contribution in [1.29, 1.82) is 0 Å². The van der Waals surface area contributed by atoms with Crippen LogP contribution in [0.25, 0.3) is 0 Å². The zero-order valence-corrected chi connectivity index (χ0v) is 18.0. The standard InChI is InChI=1S/C23H31FN4O2/c1-26(2)23(29)19-7-4-5-8-20(19)25-11-6-12-27-13-15-28(16-14-27)21-17-18(24)9-10-22(21)30-3/h4-5,7-10,17,25H,6,11-16H2,1-3H3. The van der Waals surface area contributed by atoms with Gasteiger partial charge in [-0.3, -0.25) is 9.69 Å². The SMILES string of the molecule is COc1ccc(F)cc1N1CCN(CCCNc2ccccc2C(=O)N(C)C)CC1. The van der Waals surface area contributed by atoms with Crippen LogP contribution in [0.5, 0.6) is 5.75 Å². The molecule has 30 heavy (non-hydrogen) atoms. The summed E-state index contributed by atoms with van der Waals surface area (Å²) < 4.78 is 19.0. The van der Waals surface area contributed by atoms with Crippen molar-refractivity contribution in [3.05, 3.63) is 53.8 Å². The number of carbonyl (C=O) groups excluding carboxylic acids is 1. The summed E-state index contributed by atoms with van der Waals surface area (Å²) in [4.78, 5) is 18.5. The molecule has 0 bridgehead atoms. The number of hydrogen-bond acceptors (Lipinski definition) is 5. The number of halogens is 1. The maximum atomic E-state index is 13.7. The highest BCUT2D eigenvalue weighted by molar-refractivity contribution is 5.99. The van der Waals surface area contributed by atoms with Gasteiger partial charge in [-0.25, -0.2) is 4.39 Å². The molecular weight excluding hydrogens is 383 g/mol. The molecular formula is C23H31FN4O2. The molecule has 162 valence electrons. The highest BCUT2D eigenvalue weighted by Gasteiger charge is 2.20. The highest BCUT2D eigenvalue weighted by Crippen LogP contribution is 2.29. The van der Waals surface area contributed by atoms with Gasteiger partial charge in [0.05, 0.1) is 18.4 Å². The van der Waals surface area contributed by atoms with Gasteiger partial charge in [0.25, 0.3) is 5.91 Å². The molecule has 0 spiro atoms. The van der Waals surface area contributed by atoms with Crippen LogP contribution in [0, 0.1) is 5.82 Å². The number of para-hydroxylation sites is 1. The molecule has 2 aromatic carbocycles. The van der Waals surface area contributed by atoms with Crippen LogP contribution >= 0.6 is 0 Å². The van der Waals surface area contributed by atoms with Gasteiger partial charge in [-0.15, -0.1) is 0 Å². The van der Waals surface area contributed by atoms with Gasteiger partial charge in [0.15, 0.2) is 0 Å². The smallest absolute Gasteiger partial charge is 0.255 e. The molecule has 1 aliphatic rings. The van der Waals surface area contributed by atoms with Crippen LogP contribution < -0.4 is 15.0 Å². The molecule has 3 rings (SSSR count). The van der Waals surface area contributed by atoms with Crippen molar-refractivity contribution in [1.82, 2.24) is 9.80 Å². The van der Waals surface area contributed by atoms with Gasteiger partial charge in [-0.1, -0.05) is 12.1 Å². The Morgan fingerprint density at radius 3 is 2.57 bits per heavy atom. The first-order valence-electron chi connectivity index (χ1n) is 10.3. The first kappa shape index (κ1) is 21.9. The van der Waals surface area contributed by atoms with Crippen LogP contribution in [0.4, 0.5) is 15.8 Å². The van der Waals surface area contributed by atoms with E-state index in [-0.39, 0.29) is 11.7 Å². The quantitative estimate of drug-likeness (QED) is 0.673. The summed E-state index contributed by atoms with van der Waals surface area (Å²) in [6.07, 6.45) is 0.980. The van der Waals surface area contributed by atoms with Crippen molar-refractivity contribution < 1.29 is 13.9 Å². The summed E-state index contributed by atoms with van der Waals surface area (Å²) in [5.74, 6) is 0.467. The van der Waals surface area contributed by atoms with E-state index < -0.39 is 0 Å². The summed E-state index contributed by atoms with van der Waals surface area (Å²) in [7, 11) is 5.14. The van der Waals surface area contributed by atoms with Crippen molar-refractivity contribution in [2.24, 2.45) is 0 Å². The Hall–Kier alpha value is -2.80. The summed E-state index contributed by atoms with van der Waals surface area (Å²) >= 11 is 0. The minimum atomic E-state index is -0.243. The van der Waals surface area contributed by atoms with Crippen molar-refractivity contribution in [3.63, 3.8) is 0 Å². The summed E-state index contributed by atoms with van der Waals surface area (Å²) in [5, 5.41) is 3.40. The molecule has 0 atom stereocenters. The van der Waals surface area contributed by atoms with E-state index in [1.165, 1.54) is 6.07 Å². The lowest BCUT2D eigenvalue weighted by Gasteiger charge is -2.36. The molecule has 2 aromatic rings. The number of benzene rings is 2. The minimum absolute atomic E-state index is 0.00185. The van der Waals surface area contributed by atoms with Crippen LogP contribution in [0.15, 0.2) is 42.5 Å². The zero-order chi connectivity index (χ0) is 21.5. The third-order valence-electron chi connectivity index (χ3n) is 5.38. The van der Waals surface area contributed by atoms with Gasteiger partial charge < -0.3 is 19.9 Å². The number of piperazine rings is 1. The van der Waals surface area contributed by atoms with E-state index >= 15 is 0 Å². The fourth-order valence-electron chi connectivity index (χ4n) is 3.71. The second kappa shape index (κ2) is 10.3. The average Bonchev–Trinajstić information content (AvgIpc) is 2.77. The number of hydrogen-bond donors (Lipinski definition) is 1. The predicted molar refractivity (Wildman–Crippen MR) is 119 cm³/mol. The van der Waals surface area contributed by atoms with Crippen LogP contribution in [-0.2, 0) is 0 Å². The van der Waals surface area contributed by atoms with Gasteiger partial charge in [-0.05, 0) is 37.2 Å². The van der Waals surface area contributed by atoms with Gasteiger partial charge >= 0.3 is 0 Å². The maximum absolute atomic E-state index is 13.7. The highest BCUT2D eigenvalue weighted by atomic mass is 19.1. The Balaban J connectivity index is 1.45. The molecule has 0 aromatic heterocycles. The summed E-state index contributed by atoms with van der Waals surface area (Å²) in [6.45, 7) is 5.31. The van der Waals surface area contributed by atoms with E-state index in [0.717, 1.165) is 57.1 Å². The fourth-order valence-corrected chi connectivity index (χ4v) is 3.71. The topological polar surface area (TPSA) is 48.1 Å². The second-order valence-electron chi connectivity index (χ2n) is 7.67. The molecule has 1 saturated heterocycles. The third kappa shape index (κ3) is 5.42. The van der Waals surface area contributed by atoms with Gasteiger partial charge in [0, 0.05) is 58.6 Å². The van der Waals surface area contributed by atoms with Crippen molar-refractivity contribution in [2.45, 2.75) is 6.42 Å². The number of carbonyl (C=O) groups is 1. The summed E-state index contributed by atoms with van der Waals surface area (Å²) in [5.41, 5.74) is 2.39. The van der Waals surface area contributed by atoms with E-state index in [2.05, 4.69) is 15.1 Å². The summed E-state index contributed by atoms with van der Waals surface area (Å²) in [6, 6.07) is 12.3. The monoisotopic (exact) mass is 414 g/mol. The lowest BCUT2D eigenvalue weighted by Crippen LogP contribution is -2.47. The maximum Gasteiger partial charge on any atom is 0.255 e. The fraction of sp³-hybridized carbons (Fsp3) is 0.435. The van der Waals surface area contributed by atoms with Gasteiger partial charge in [0.1, 0.15) is 11.6 Å². The number of anilines is 2. The van der Waals surface area contributed by atoms with Gasteiger partial charge in [-0.2, -0.15) is 0 Å². The Bertz CT molecular complexity index is 851. The first-order chi connectivity index (χ1) is 14.5. The Labute approximate surface area is 178 Å². The molecule has 0 unspecified atom stereocenters. The number of rotatable bonds is 8. The molecule has 1 heterocycles. The number of amides is 1. The number of ether oxygens (including phenoxy) is 1. The molecule has 1 amide bonds. The number of nitrogens with one attached hydrogen (secondary N) is 1. The Kier molecular flexibility index (Phi) is 7.52. The van der Waals surface area contributed by atoms with E-state index in [4.69, 9.17) is 4.74 Å². The van der Waals surface area contributed by atoms with E-state index in [0.29, 0.717) is 11.3 Å². The third-order valence-corrected chi connectivity index (χ3v) is 5.38. The number of methoxy groups -OCH3 is 1. The zero-order valence-electron chi connectivity index (χ0n) is 18.0. The molecule has 1 fully saturated rings. The lowest BCUT2D eigenvalue weighted by atomic mass is 10.1. The molecule has 1 N–H and O–H groups in total. The molecule has 0 aliphatic carbocycles. The second-order valence-corrected chi connectivity index (χ2v) is 7.67. The van der Waals surface area contributed by atoms with Gasteiger partial charge in [0.2, 0.25) is 0 Å². The minimum Gasteiger partial charge on any atom is -0.495 e. The average molecular weight is 415 g/mol. The molecule has 7 heteroatoms.